The molecular formula is C28H33N7. The standard InChI is InChI=1S/C28H33N7/c1-19(2)25-15-21(20-6-5-11-29-16-20)14-22-17-31-28(33-27(22)25)32-23-7-8-26(30-18-23)35-12-9-24(10-13-35)34(3)4/h5-8,11,14-19,24H,9-10,12-13H2,1-4H3,(H,31,32,33). The molecule has 0 unspecified atom stereocenters. The van der Waals surface area contributed by atoms with Gasteiger partial charge in [-0.1, -0.05) is 19.9 Å². The van der Waals surface area contributed by atoms with Crippen LogP contribution in [0, 0.1) is 0 Å². The van der Waals surface area contributed by atoms with Gasteiger partial charge in [-0.2, -0.15) is 0 Å². The predicted molar refractivity (Wildman–Crippen MR) is 143 cm³/mol. The molecule has 0 atom stereocenters. The highest BCUT2D eigenvalue weighted by Crippen LogP contribution is 2.31. The number of nitrogens with one attached hydrogen (secondary N) is 1. The van der Waals surface area contributed by atoms with Crippen LogP contribution in [0.25, 0.3) is 22.0 Å². The second-order valence-electron chi connectivity index (χ2n) is 9.81. The van der Waals surface area contributed by atoms with Crippen LogP contribution in [0.2, 0.25) is 0 Å². The van der Waals surface area contributed by atoms with Gasteiger partial charge in [-0.3, -0.25) is 4.98 Å². The first-order valence-corrected chi connectivity index (χ1v) is 12.3. The zero-order chi connectivity index (χ0) is 24.4. The van der Waals surface area contributed by atoms with Gasteiger partial charge in [0, 0.05) is 48.7 Å². The van der Waals surface area contributed by atoms with Crippen molar-refractivity contribution in [3.63, 3.8) is 0 Å². The average molecular weight is 468 g/mol. The van der Waals surface area contributed by atoms with Crippen LogP contribution in [-0.4, -0.2) is 58.1 Å². The maximum Gasteiger partial charge on any atom is 0.227 e. The SMILES string of the molecule is CC(C)c1cc(-c2cccnc2)cc2cnc(Nc3ccc(N4CCC(N(C)C)CC4)nc3)nc12. The summed E-state index contributed by atoms with van der Waals surface area (Å²) in [6, 6.07) is 13.2. The summed E-state index contributed by atoms with van der Waals surface area (Å²) in [4.78, 5) is 23.1. The number of pyridine rings is 2. The third-order valence-electron chi connectivity index (χ3n) is 6.85. The molecule has 1 saturated heterocycles. The molecule has 3 aromatic heterocycles. The highest BCUT2D eigenvalue weighted by Gasteiger charge is 2.21. The largest absolute Gasteiger partial charge is 0.357 e. The van der Waals surface area contributed by atoms with Gasteiger partial charge in [0.25, 0.3) is 0 Å². The summed E-state index contributed by atoms with van der Waals surface area (Å²) in [5.74, 6) is 1.93. The molecule has 0 aliphatic carbocycles. The van der Waals surface area contributed by atoms with E-state index < -0.39 is 0 Å². The molecule has 7 nitrogen and oxygen atoms in total. The molecule has 0 bridgehead atoms. The summed E-state index contributed by atoms with van der Waals surface area (Å²) in [6.07, 6.45) is 9.79. The van der Waals surface area contributed by atoms with Crippen LogP contribution in [0.5, 0.6) is 0 Å². The Morgan fingerprint density at radius 2 is 1.80 bits per heavy atom. The van der Waals surface area contributed by atoms with E-state index in [1.165, 1.54) is 18.4 Å². The summed E-state index contributed by atoms with van der Waals surface area (Å²) in [7, 11) is 4.33. The minimum Gasteiger partial charge on any atom is -0.357 e. The van der Waals surface area contributed by atoms with Crippen LogP contribution in [-0.2, 0) is 0 Å². The summed E-state index contributed by atoms with van der Waals surface area (Å²) in [5, 5.41) is 4.36. The Balaban J connectivity index is 1.35. The Kier molecular flexibility index (Phi) is 6.59. The Hall–Kier alpha value is -3.58. The van der Waals surface area contributed by atoms with Gasteiger partial charge in [0.1, 0.15) is 5.82 Å². The Bertz CT molecular complexity index is 1280. The van der Waals surface area contributed by atoms with Crippen molar-refractivity contribution in [2.45, 2.75) is 38.6 Å². The van der Waals surface area contributed by atoms with Crippen molar-refractivity contribution < 1.29 is 0 Å². The van der Waals surface area contributed by atoms with Gasteiger partial charge in [-0.15, -0.1) is 0 Å². The zero-order valence-corrected chi connectivity index (χ0v) is 20.9. The Morgan fingerprint density at radius 3 is 2.46 bits per heavy atom. The molecule has 5 rings (SSSR count). The average Bonchev–Trinajstić information content (AvgIpc) is 2.89. The number of hydrogen-bond acceptors (Lipinski definition) is 7. The van der Waals surface area contributed by atoms with Crippen molar-refractivity contribution in [3.05, 3.63) is 66.7 Å². The van der Waals surface area contributed by atoms with E-state index in [9.17, 15) is 0 Å². The van der Waals surface area contributed by atoms with E-state index in [-0.39, 0.29) is 0 Å². The molecule has 0 amide bonds. The lowest BCUT2D eigenvalue weighted by molar-refractivity contribution is 0.249. The fourth-order valence-corrected chi connectivity index (χ4v) is 4.76. The highest BCUT2D eigenvalue weighted by molar-refractivity contribution is 5.88. The number of fused-ring (bicyclic) bond motifs is 1. The number of aromatic nitrogens is 4. The number of rotatable bonds is 6. The van der Waals surface area contributed by atoms with Gasteiger partial charge in [-0.25, -0.2) is 15.0 Å². The topological polar surface area (TPSA) is 70.1 Å². The van der Waals surface area contributed by atoms with Gasteiger partial charge in [0.2, 0.25) is 5.95 Å². The van der Waals surface area contributed by atoms with Crippen molar-refractivity contribution in [2.75, 3.05) is 37.4 Å². The van der Waals surface area contributed by atoms with E-state index in [1.807, 2.05) is 24.7 Å². The monoisotopic (exact) mass is 467 g/mol. The van der Waals surface area contributed by atoms with E-state index in [2.05, 4.69) is 83.4 Å². The minimum atomic E-state index is 0.328. The molecular weight excluding hydrogens is 434 g/mol. The normalized spacial score (nSPS) is 14.7. The van der Waals surface area contributed by atoms with E-state index in [0.29, 0.717) is 17.9 Å². The second-order valence-corrected chi connectivity index (χ2v) is 9.81. The van der Waals surface area contributed by atoms with Crippen LogP contribution in [0.4, 0.5) is 17.5 Å². The molecule has 1 N–H and O–H groups in total. The fraction of sp³-hybridized carbons (Fsp3) is 0.357. The van der Waals surface area contributed by atoms with Crippen LogP contribution < -0.4 is 10.2 Å². The molecule has 1 aliphatic heterocycles. The number of nitrogens with zero attached hydrogens (tertiary/aromatic N) is 6. The first-order chi connectivity index (χ1) is 17.0. The van der Waals surface area contributed by atoms with Crippen LogP contribution >= 0.6 is 0 Å². The Labute approximate surface area is 207 Å². The zero-order valence-electron chi connectivity index (χ0n) is 20.9. The molecule has 1 aromatic carbocycles. The van der Waals surface area contributed by atoms with Crippen molar-refractivity contribution in [1.29, 1.82) is 0 Å². The highest BCUT2D eigenvalue weighted by atomic mass is 15.2. The van der Waals surface area contributed by atoms with Crippen LogP contribution in [0.3, 0.4) is 0 Å². The summed E-state index contributed by atoms with van der Waals surface area (Å²) >= 11 is 0. The van der Waals surface area contributed by atoms with Crippen molar-refractivity contribution in [2.24, 2.45) is 0 Å². The molecule has 1 aliphatic rings. The summed E-state index contributed by atoms with van der Waals surface area (Å²) in [5.41, 5.74) is 5.28. The minimum absolute atomic E-state index is 0.328. The molecule has 0 radical (unpaired) electrons. The first-order valence-electron chi connectivity index (χ1n) is 12.3. The lowest BCUT2D eigenvalue weighted by Crippen LogP contribution is -2.42. The summed E-state index contributed by atoms with van der Waals surface area (Å²) < 4.78 is 0. The number of benzene rings is 1. The van der Waals surface area contributed by atoms with Gasteiger partial charge in [0.05, 0.1) is 17.4 Å². The molecule has 35 heavy (non-hydrogen) atoms. The van der Waals surface area contributed by atoms with Gasteiger partial charge >= 0.3 is 0 Å². The lowest BCUT2D eigenvalue weighted by Gasteiger charge is -2.35. The van der Waals surface area contributed by atoms with Crippen molar-refractivity contribution >= 4 is 28.4 Å². The van der Waals surface area contributed by atoms with Crippen LogP contribution in [0.1, 0.15) is 38.2 Å². The number of hydrogen-bond donors (Lipinski definition) is 1. The van der Waals surface area contributed by atoms with E-state index in [1.54, 1.807) is 6.20 Å². The molecule has 4 heterocycles. The molecule has 1 fully saturated rings. The number of piperidine rings is 1. The smallest absolute Gasteiger partial charge is 0.227 e. The first kappa shape index (κ1) is 23.2. The van der Waals surface area contributed by atoms with E-state index in [4.69, 9.17) is 9.97 Å². The van der Waals surface area contributed by atoms with Crippen molar-refractivity contribution in [3.8, 4) is 11.1 Å². The lowest BCUT2D eigenvalue weighted by atomic mass is 9.95. The molecule has 4 aromatic rings. The number of anilines is 3. The fourth-order valence-electron chi connectivity index (χ4n) is 4.76. The second kappa shape index (κ2) is 9.96. The third kappa shape index (κ3) is 5.10. The molecule has 180 valence electrons. The molecule has 7 heteroatoms. The molecule has 0 saturated carbocycles. The molecule has 0 spiro atoms. The van der Waals surface area contributed by atoms with E-state index >= 15 is 0 Å². The maximum absolute atomic E-state index is 4.88. The van der Waals surface area contributed by atoms with Gasteiger partial charge < -0.3 is 15.1 Å². The van der Waals surface area contributed by atoms with Gasteiger partial charge in [-0.05, 0) is 74.3 Å². The predicted octanol–water partition coefficient (Wildman–Crippen LogP) is 5.48. The van der Waals surface area contributed by atoms with E-state index in [0.717, 1.165) is 46.6 Å². The third-order valence-corrected chi connectivity index (χ3v) is 6.85. The summed E-state index contributed by atoms with van der Waals surface area (Å²) in [6.45, 7) is 6.47. The van der Waals surface area contributed by atoms with Crippen molar-refractivity contribution in [1.82, 2.24) is 24.8 Å². The van der Waals surface area contributed by atoms with Crippen LogP contribution in [0.15, 0.2) is 61.2 Å². The Morgan fingerprint density at radius 1 is 0.971 bits per heavy atom. The maximum atomic E-state index is 4.88. The quantitative estimate of drug-likeness (QED) is 0.402. The van der Waals surface area contributed by atoms with Gasteiger partial charge in [0.15, 0.2) is 0 Å².